The van der Waals surface area contributed by atoms with Crippen LogP contribution in [0.4, 0.5) is 0 Å². The van der Waals surface area contributed by atoms with E-state index < -0.39 is 8.07 Å². The molecule has 0 aliphatic carbocycles. The Kier molecular flexibility index (Phi) is 6.22. The summed E-state index contributed by atoms with van der Waals surface area (Å²) in [7, 11) is -1.22. The topological polar surface area (TPSA) is 0 Å². The maximum Gasteiger partial charge on any atom is 0.0806 e. The molecule has 0 aromatic heterocycles. The molecule has 98 valence electrons. The predicted octanol–water partition coefficient (Wildman–Crippen LogP) is 4.55. The van der Waals surface area contributed by atoms with Crippen molar-refractivity contribution in [2.45, 2.75) is 58.7 Å². The summed E-state index contributed by atoms with van der Waals surface area (Å²) in [5, 5.41) is 1.57. The van der Waals surface area contributed by atoms with Gasteiger partial charge in [-0.05, 0) is 19.1 Å². The normalized spacial score (nSPS) is 10.9. The Hall–Kier alpha value is -1.00. The third-order valence-electron chi connectivity index (χ3n) is 3.59. The largest absolute Gasteiger partial charge is 0.101 e. The molecule has 1 rings (SSSR count). The average molecular weight is 258 g/mol. The Balaban J connectivity index is 2.62. The van der Waals surface area contributed by atoms with E-state index in [1.54, 1.807) is 5.19 Å². The van der Waals surface area contributed by atoms with Crippen LogP contribution in [0.1, 0.15) is 45.1 Å². The van der Waals surface area contributed by atoms with Gasteiger partial charge < -0.3 is 0 Å². The van der Waals surface area contributed by atoms with E-state index in [0.29, 0.717) is 0 Å². The second-order valence-corrected chi connectivity index (χ2v) is 10.5. The van der Waals surface area contributed by atoms with Crippen LogP contribution >= 0.6 is 0 Å². The molecule has 18 heavy (non-hydrogen) atoms. The van der Waals surface area contributed by atoms with Crippen molar-refractivity contribution < 1.29 is 0 Å². The molecule has 0 aliphatic heterocycles. The number of unbranched alkanes of at least 4 members (excludes halogenated alkanes) is 3. The Morgan fingerprint density at radius 2 is 1.67 bits per heavy atom. The van der Waals surface area contributed by atoms with Crippen LogP contribution in [0.15, 0.2) is 24.3 Å². The van der Waals surface area contributed by atoms with E-state index in [1.165, 1.54) is 31.7 Å². The van der Waals surface area contributed by atoms with Gasteiger partial charge in [0.15, 0.2) is 0 Å². The molecule has 1 aromatic carbocycles. The van der Waals surface area contributed by atoms with Gasteiger partial charge in [0.1, 0.15) is 0 Å². The highest BCUT2D eigenvalue weighted by Gasteiger charge is 2.22. The van der Waals surface area contributed by atoms with Gasteiger partial charge >= 0.3 is 0 Å². The Morgan fingerprint density at radius 3 is 2.22 bits per heavy atom. The number of hydrogen-bond donors (Lipinski definition) is 0. The summed E-state index contributed by atoms with van der Waals surface area (Å²) in [6.45, 7) is 9.13. The maximum absolute atomic E-state index is 3.11. The molecule has 0 aliphatic rings. The van der Waals surface area contributed by atoms with Crippen molar-refractivity contribution in [3.8, 4) is 11.8 Å². The van der Waals surface area contributed by atoms with Crippen molar-refractivity contribution in [1.29, 1.82) is 0 Å². The summed E-state index contributed by atoms with van der Waals surface area (Å²) in [4.78, 5) is 0. The third-order valence-corrected chi connectivity index (χ3v) is 7.09. The Morgan fingerprint density at radius 1 is 1.00 bits per heavy atom. The highest BCUT2D eigenvalue weighted by molar-refractivity contribution is 6.89. The van der Waals surface area contributed by atoms with E-state index in [0.717, 1.165) is 5.56 Å². The van der Waals surface area contributed by atoms with E-state index in [-0.39, 0.29) is 0 Å². The fourth-order valence-corrected chi connectivity index (χ4v) is 4.78. The molecular formula is C17H26Si. The van der Waals surface area contributed by atoms with Gasteiger partial charge in [-0.3, -0.25) is 0 Å². The second kappa shape index (κ2) is 7.44. The molecule has 0 saturated carbocycles. The van der Waals surface area contributed by atoms with Crippen LogP contribution in [0.25, 0.3) is 0 Å². The molecule has 1 heteroatoms. The average Bonchev–Trinajstić information content (AvgIpc) is 2.36. The third kappa shape index (κ3) is 4.70. The van der Waals surface area contributed by atoms with Crippen LogP contribution in [-0.2, 0) is 0 Å². The van der Waals surface area contributed by atoms with Crippen LogP contribution in [0, 0.1) is 11.8 Å². The summed E-state index contributed by atoms with van der Waals surface area (Å²) < 4.78 is 0. The number of benzene rings is 1. The smallest absolute Gasteiger partial charge is 0.0806 e. The zero-order chi connectivity index (χ0) is 13.4. The first-order valence-electron chi connectivity index (χ1n) is 7.13. The summed E-state index contributed by atoms with van der Waals surface area (Å²) in [5.74, 6) is 6.06. The molecule has 0 radical (unpaired) electrons. The minimum absolute atomic E-state index is 1.14. The molecule has 0 saturated heterocycles. The monoisotopic (exact) mass is 258 g/mol. The van der Waals surface area contributed by atoms with Crippen LogP contribution in [0.2, 0.25) is 19.1 Å². The predicted molar refractivity (Wildman–Crippen MR) is 85.1 cm³/mol. The summed E-state index contributed by atoms with van der Waals surface area (Å²) in [6, 6.07) is 10.3. The number of hydrogen-bond acceptors (Lipinski definition) is 0. The van der Waals surface area contributed by atoms with Crippen molar-refractivity contribution in [3.63, 3.8) is 0 Å². The lowest BCUT2D eigenvalue weighted by Crippen LogP contribution is -2.40. The van der Waals surface area contributed by atoms with E-state index >= 15 is 0 Å². The zero-order valence-corrected chi connectivity index (χ0v) is 13.3. The fraction of sp³-hybridized carbons (Fsp3) is 0.529. The first-order chi connectivity index (χ1) is 8.60. The molecular weight excluding hydrogens is 232 g/mol. The lowest BCUT2D eigenvalue weighted by molar-refractivity contribution is 0.697. The van der Waals surface area contributed by atoms with Gasteiger partial charge in [0, 0.05) is 5.56 Å². The highest BCUT2D eigenvalue weighted by atomic mass is 28.3. The summed E-state index contributed by atoms with van der Waals surface area (Å²) >= 11 is 0. The number of rotatable bonds is 6. The minimum atomic E-state index is -1.22. The molecule has 0 heterocycles. The van der Waals surface area contributed by atoms with Crippen molar-refractivity contribution >= 4 is 13.3 Å². The van der Waals surface area contributed by atoms with E-state index in [2.05, 4.69) is 56.1 Å². The second-order valence-electron chi connectivity index (χ2n) is 5.65. The van der Waals surface area contributed by atoms with Gasteiger partial charge in [0.25, 0.3) is 0 Å². The van der Waals surface area contributed by atoms with Gasteiger partial charge in [0.05, 0.1) is 8.07 Å². The molecule has 0 bridgehead atoms. The fourth-order valence-electron chi connectivity index (χ4n) is 2.29. The standard InChI is InChI=1S/C17H26Si/c1-5-7-8-9-15-18(3,4)17-13-11-16(10-6-2)12-14-17/h11-14H,5,7-9,15H2,1-4H3. The maximum atomic E-state index is 3.11. The van der Waals surface area contributed by atoms with Gasteiger partial charge in [-0.15, -0.1) is 5.92 Å². The SMILES string of the molecule is CC#Cc1ccc([Si](C)(C)CCCCCC)cc1. The van der Waals surface area contributed by atoms with Gasteiger partial charge in [0.2, 0.25) is 0 Å². The lowest BCUT2D eigenvalue weighted by Gasteiger charge is -2.23. The first-order valence-corrected chi connectivity index (χ1v) is 10.3. The molecule has 0 fully saturated rings. The van der Waals surface area contributed by atoms with Crippen LogP contribution in [0.5, 0.6) is 0 Å². The van der Waals surface area contributed by atoms with Crippen molar-refractivity contribution in [2.24, 2.45) is 0 Å². The molecule has 0 spiro atoms. The van der Waals surface area contributed by atoms with Crippen LogP contribution < -0.4 is 5.19 Å². The molecule has 0 atom stereocenters. The van der Waals surface area contributed by atoms with E-state index in [1.807, 2.05) is 6.92 Å². The van der Waals surface area contributed by atoms with Crippen LogP contribution in [-0.4, -0.2) is 8.07 Å². The van der Waals surface area contributed by atoms with E-state index in [9.17, 15) is 0 Å². The van der Waals surface area contributed by atoms with Crippen molar-refractivity contribution in [1.82, 2.24) is 0 Å². The van der Waals surface area contributed by atoms with Crippen LogP contribution in [0.3, 0.4) is 0 Å². The Labute approximate surface area is 114 Å². The van der Waals surface area contributed by atoms with E-state index in [4.69, 9.17) is 0 Å². The quantitative estimate of drug-likeness (QED) is 0.399. The summed E-state index contributed by atoms with van der Waals surface area (Å²) in [5.41, 5.74) is 1.14. The lowest BCUT2D eigenvalue weighted by atomic mass is 10.2. The van der Waals surface area contributed by atoms with Gasteiger partial charge in [-0.25, -0.2) is 0 Å². The minimum Gasteiger partial charge on any atom is -0.101 e. The highest BCUT2D eigenvalue weighted by Crippen LogP contribution is 2.16. The first kappa shape index (κ1) is 15.1. The molecule has 0 unspecified atom stereocenters. The molecule has 0 N–H and O–H groups in total. The summed E-state index contributed by atoms with van der Waals surface area (Å²) in [6.07, 6.45) is 5.50. The van der Waals surface area contributed by atoms with Gasteiger partial charge in [-0.2, -0.15) is 0 Å². The Bertz CT molecular complexity index is 403. The van der Waals surface area contributed by atoms with Gasteiger partial charge in [-0.1, -0.05) is 75.0 Å². The zero-order valence-electron chi connectivity index (χ0n) is 12.3. The molecule has 0 nitrogen and oxygen atoms in total. The molecule has 1 aromatic rings. The van der Waals surface area contributed by atoms with Crippen molar-refractivity contribution in [3.05, 3.63) is 29.8 Å². The van der Waals surface area contributed by atoms with Crippen molar-refractivity contribution in [2.75, 3.05) is 0 Å². The molecule has 0 amide bonds.